The highest BCUT2D eigenvalue weighted by atomic mass is 16.5. The normalized spacial score (nSPS) is 15.6. The number of amides is 1. The van der Waals surface area contributed by atoms with Crippen LogP contribution < -0.4 is 10.1 Å². The maximum atomic E-state index is 12.4. The number of carbonyl (C=O) groups excluding carboxylic acids is 1. The zero-order valence-electron chi connectivity index (χ0n) is 15.7. The largest absolute Gasteiger partial charge is 0.497 e. The fourth-order valence-electron chi connectivity index (χ4n) is 3.65. The van der Waals surface area contributed by atoms with Crippen molar-refractivity contribution in [3.8, 4) is 5.75 Å². The molecule has 0 saturated carbocycles. The van der Waals surface area contributed by atoms with Crippen LogP contribution in [0.15, 0.2) is 48.5 Å². The van der Waals surface area contributed by atoms with Crippen molar-refractivity contribution in [3.63, 3.8) is 0 Å². The standard InChI is InChI=1S/C22H28N2O2/c1-17-7-3-4-8-20(17)21(24-13-5-6-14-24)16-23-22(25)15-18-9-11-19(26-2)12-10-18/h3-4,7-12,21H,5-6,13-16H2,1-2H3,(H,23,25). The minimum absolute atomic E-state index is 0.0629. The van der Waals surface area contributed by atoms with Crippen LogP contribution in [-0.2, 0) is 11.2 Å². The van der Waals surface area contributed by atoms with Crippen molar-refractivity contribution in [3.05, 3.63) is 65.2 Å². The fraction of sp³-hybridized carbons (Fsp3) is 0.409. The molecule has 0 aromatic heterocycles. The third-order valence-corrected chi connectivity index (χ3v) is 5.15. The van der Waals surface area contributed by atoms with Gasteiger partial charge in [0.05, 0.1) is 19.6 Å². The van der Waals surface area contributed by atoms with Crippen molar-refractivity contribution in [2.45, 2.75) is 32.2 Å². The molecule has 138 valence electrons. The van der Waals surface area contributed by atoms with Crippen molar-refractivity contribution < 1.29 is 9.53 Å². The summed E-state index contributed by atoms with van der Waals surface area (Å²) in [6.07, 6.45) is 2.87. The third kappa shape index (κ3) is 4.64. The Bertz CT molecular complexity index is 721. The maximum absolute atomic E-state index is 12.4. The van der Waals surface area contributed by atoms with Gasteiger partial charge in [0.1, 0.15) is 5.75 Å². The van der Waals surface area contributed by atoms with Gasteiger partial charge in [-0.15, -0.1) is 0 Å². The highest BCUT2D eigenvalue weighted by Gasteiger charge is 2.24. The molecule has 2 aromatic rings. The molecule has 4 nitrogen and oxygen atoms in total. The van der Waals surface area contributed by atoms with E-state index < -0.39 is 0 Å². The van der Waals surface area contributed by atoms with Crippen molar-refractivity contribution in [2.75, 3.05) is 26.7 Å². The summed E-state index contributed by atoms with van der Waals surface area (Å²) in [5.41, 5.74) is 3.60. The summed E-state index contributed by atoms with van der Waals surface area (Å²) < 4.78 is 5.16. The van der Waals surface area contributed by atoms with Gasteiger partial charge in [0.15, 0.2) is 0 Å². The average Bonchev–Trinajstić information content (AvgIpc) is 3.18. The number of ether oxygens (including phenoxy) is 1. The molecule has 1 aliphatic rings. The molecule has 0 spiro atoms. The van der Waals surface area contributed by atoms with Gasteiger partial charge in [-0.1, -0.05) is 36.4 Å². The second-order valence-corrected chi connectivity index (χ2v) is 6.94. The lowest BCUT2D eigenvalue weighted by Crippen LogP contribution is -2.37. The first-order valence-corrected chi connectivity index (χ1v) is 9.36. The molecule has 1 atom stereocenters. The van der Waals surface area contributed by atoms with Gasteiger partial charge in [-0.2, -0.15) is 0 Å². The Morgan fingerprint density at radius 2 is 1.81 bits per heavy atom. The van der Waals surface area contributed by atoms with E-state index in [4.69, 9.17) is 4.74 Å². The number of nitrogens with one attached hydrogen (secondary N) is 1. The van der Waals surface area contributed by atoms with Gasteiger partial charge >= 0.3 is 0 Å². The number of nitrogens with zero attached hydrogens (tertiary/aromatic N) is 1. The molecule has 1 amide bonds. The van der Waals surface area contributed by atoms with Gasteiger partial charge in [-0.25, -0.2) is 0 Å². The van der Waals surface area contributed by atoms with E-state index >= 15 is 0 Å². The smallest absolute Gasteiger partial charge is 0.224 e. The zero-order chi connectivity index (χ0) is 18.4. The Morgan fingerprint density at radius 3 is 2.46 bits per heavy atom. The quantitative estimate of drug-likeness (QED) is 0.829. The Labute approximate surface area is 156 Å². The van der Waals surface area contributed by atoms with Crippen LogP contribution in [0.1, 0.15) is 35.6 Å². The Morgan fingerprint density at radius 1 is 1.12 bits per heavy atom. The van der Waals surface area contributed by atoms with E-state index in [1.54, 1.807) is 7.11 Å². The molecule has 26 heavy (non-hydrogen) atoms. The number of aryl methyl sites for hydroxylation is 1. The Kier molecular flexibility index (Phi) is 6.29. The van der Waals surface area contributed by atoms with E-state index in [1.165, 1.54) is 24.0 Å². The van der Waals surface area contributed by atoms with E-state index in [0.29, 0.717) is 13.0 Å². The molecule has 1 saturated heterocycles. The van der Waals surface area contributed by atoms with E-state index in [-0.39, 0.29) is 11.9 Å². The molecular weight excluding hydrogens is 324 g/mol. The summed E-state index contributed by atoms with van der Waals surface area (Å²) in [6, 6.07) is 16.4. The molecule has 0 aliphatic carbocycles. The Hall–Kier alpha value is -2.33. The van der Waals surface area contributed by atoms with Crippen molar-refractivity contribution in [1.82, 2.24) is 10.2 Å². The molecule has 1 unspecified atom stereocenters. The number of rotatable bonds is 7. The van der Waals surface area contributed by atoms with Gasteiger partial charge in [0.25, 0.3) is 0 Å². The molecule has 4 heteroatoms. The van der Waals surface area contributed by atoms with Gasteiger partial charge in [-0.05, 0) is 61.7 Å². The van der Waals surface area contributed by atoms with Crippen molar-refractivity contribution >= 4 is 5.91 Å². The molecule has 1 aliphatic heterocycles. The molecule has 1 heterocycles. The zero-order valence-corrected chi connectivity index (χ0v) is 15.7. The van der Waals surface area contributed by atoms with E-state index in [2.05, 4.69) is 41.4 Å². The molecule has 0 radical (unpaired) electrons. The first-order chi connectivity index (χ1) is 12.7. The average molecular weight is 352 g/mol. The van der Waals surface area contributed by atoms with E-state index in [1.807, 2.05) is 24.3 Å². The molecule has 2 aromatic carbocycles. The molecule has 0 bridgehead atoms. The monoisotopic (exact) mass is 352 g/mol. The lowest BCUT2D eigenvalue weighted by molar-refractivity contribution is -0.120. The van der Waals surface area contributed by atoms with Gasteiger partial charge < -0.3 is 10.1 Å². The van der Waals surface area contributed by atoms with Crippen LogP contribution in [0.3, 0.4) is 0 Å². The van der Waals surface area contributed by atoms with Gasteiger partial charge in [0, 0.05) is 6.54 Å². The lowest BCUT2D eigenvalue weighted by atomic mass is 10.00. The van der Waals surface area contributed by atoms with Crippen LogP contribution in [0, 0.1) is 6.92 Å². The number of carbonyl (C=O) groups is 1. The topological polar surface area (TPSA) is 41.6 Å². The molecule has 3 rings (SSSR count). The number of benzene rings is 2. The van der Waals surface area contributed by atoms with Gasteiger partial charge in [-0.3, -0.25) is 9.69 Å². The summed E-state index contributed by atoms with van der Waals surface area (Å²) >= 11 is 0. The highest BCUT2D eigenvalue weighted by molar-refractivity contribution is 5.78. The van der Waals surface area contributed by atoms with Crippen LogP contribution in [0.5, 0.6) is 5.75 Å². The first kappa shape index (κ1) is 18.5. The molecular formula is C22H28N2O2. The molecule has 1 N–H and O–H groups in total. The number of hydrogen-bond acceptors (Lipinski definition) is 3. The summed E-state index contributed by atoms with van der Waals surface area (Å²) in [6.45, 7) is 5.01. The predicted molar refractivity (Wildman–Crippen MR) is 104 cm³/mol. The maximum Gasteiger partial charge on any atom is 0.224 e. The minimum Gasteiger partial charge on any atom is -0.497 e. The summed E-state index contributed by atoms with van der Waals surface area (Å²) in [5.74, 6) is 0.871. The van der Waals surface area contributed by atoms with E-state index in [0.717, 1.165) is 24.4 Å². The minimum atomic E-state index is 0.0629. The number of hydrogen-bond donors (Lipinski definition) is 1. The number of methoxy groups -OCH3 is 1. The van der Waals surface area contributed by atoms with Crippen LogP contribution >= 0.6 is 0 Å². The second kappa shape index (κ2) is 8.86. The summed E-state index contributed by atoms with van der Waals surface area (Å²) in [7, 11) is 1.64. The van der Waals surface area contributed by atoms with Crippen molar-refractivity contribution in [2.24, 2.45) is 0 Å². The fourth-order valence-corrected chi connectivity index (χ4v) is 3.65. The van der Waals surface area contributed by atoms with Crippen LogP contribution in [-0.4, -0.2) is 37.6 Å². The highest BCUT2D eigenvalue weighted by Crippen LogP contribution is 2.26. The van der Waals surface area contributed by atoms with Crippen LogP contribution in [0.2, 0.25) is 0 Å². The Balaban J connectivity index is 1.63. The van der Waals surface area contributed by atoms with Gasteiger partial charge in [0.2, 0.25) is 5.91 Å². The summed E-state index contributed by atoms with van der Waals surface area (Å²) in [4.78, 5) is 14.9. The third-order valence-electron chi connectivity index (χ3n) is 5.15. The van der Waals surface area contributed by atoms with E-state index in [9.17, 15) is 4.79 Å². The summed E-state index contributed by atoms with van der Waals surface area (Å²) in [5, 5.41) is 3.15. The van der Waals surface area contributed by atoms with Crippen molar-refractivity contribution in [1.29, 1.82) is 0 Å². The SMILES string of the molecule is COc1ccc(CC(=O)NCC(c2ccccc2C)N2CCCC2)cc1. The first-order valence-electron chi connectivity index (χ1n) is 9.36. The second-order valence-electron chi connectivity index (χ2n) is 6.94. The van der Waals surface area contributed by atoms with Crippen LogP contribution in [0.4, 0.5) is 0 Å². The van der Waals surface area contributed by atoms with Crippen LogP contribution in [0.25, 0.3) is 0 Å². The molecule has 1 fully saturated rings. The predicted octanol–water partition coefficient (Wildman–Crippen LogP) is 3.50. The number of likely N-dealkylation sites (tertiary alicyclic amines) is 1. The lowest BCUT2D eigenvalue weighted by Gasteiger charge is -2.29.